The second kappa shape index (κ2) is 8.62. The van der Waals surface area contributed by atoms with Gasteiger partial charge in [-0.2, -0.15) is 5.26 Å². The highest BCUT2D eigenvalue weighted by molar-refractivity contribution is 7.98. The topological polar surface area (TPSA) is 83.6 Å². The number of pyridine rings is 1. The minimum atomic E-state index is -0.253. The number of thioether (sulfide) groups is 1. The quantitative estimate of drug-likeness (QED) is 0.469. The summed E-state index contributed by atoms with van der Waals surface area (Å²) in [5.74, 6) is 0.388. The van der Waals surface area contributed by atoms with Crippen molar-refractivity contribution >= 4 is 28.6 Å². The van der Waals surface area contributed by atoms with Gasteiger partial charge in [0.1, 0.15) is 22.2 Å². The number of nitrogens with zero attached hydrogens (tertiary/aromatic N) is 4. The van der Waals surface area contributed by atoms with Gasteiger partial charge in [-0.1, -0.05) is 48.0 Å². The van der Waals surface area contributed by atoms with Crippen LogP contribution in [0.25, 0.3) is 16.6 Å². The molecule has 0 radical (unpaired) electrons. The summed E-state index contributed by atoms with van der Waals surface area (Å²) in [6.45, 7) is 4.31. The van der Waals surface area contributed by atoms with Gasteiger partial charge in [0.25, 0.3) is 5.56 Å². The predicted molar refractivity (Wildman–Crippen MR) is 125 cm³/mol. The van der Waals surface area contributed by atoms with Gasteiger partial charge in [-0.05, 0) is 37.8 Å². The van der Waals surface area contributed by atoms with Crippen molar-refractivity contribution in [2.24, 2.45) is 0 Å². The Balaban J connectivity index is 1.97. The molecule has 0 unspecified atom stereocenters. The maximum absolute atomic E-state index is 13.6. The van der Waals surface area contributed by atoms with Crippen LogP contribution in [0.5, 0.6) is 0 Å². The Morgan fingerprint density at radius 2 is 1.87 bits per heavy atom. The van der Waals surface area contributed by atoms with Crippen molar-refractivity contribution < 1.29 is 0 Å². The second-order valence-electron chi connectivity index (χ2n) is 7.17. The SMILES string of the molecule is CSc1nc(C)c2c(=O)n(-c3ccccc3)c(NCc3cccc(C)c3)nc2c1C#N. The number of nitriles is 1. The zero-order valence-corrected chi connectivity index (χ0v) is 18.3. The van der Waals surface area contributed by atoms with E-state index in [4.69, 9.17) is 4.98 Å². The molecule has 2 aromatic heterocycles. The maximum Gasteiger partial charge on any atom is 0.269 e. The van der Waals surface area contributed by atoms with E-state index in [-0.39, 0.29) is 5.56 Å². The molecule has 0 aliphatic carbocycles. The van der Waals surface area contributed by atoms with Crippen LogP contribution < -0.4 is 10.9 Å². The van der Waals surface area contributed by atoms with Gasteiger partial charge in [0, 0.05) is 6.54 Å². The third kappa shape index (κ3) is 3.90. The number of fused-ring (bicyclic) bond motifs is 1. The molecule has 31 heavy (non-hydrogen) atoms. The van der Waals surface area contributed by atoms with Crippen LogP contribution in [0.3, 0.4) is 0 Å². The van der Waals surface area contributed by atoms with E-state index >= 15 is 0 Å². The highest BCUT2D eigenvalue weighted by atomic mass is 32.2. The molecule has 0 fully saturated rings. The van der Waals surface area contributed by atoms with Gasteiger partial charge in [-0.25, -0.2) is 14.5 Å². The third-order valence-electron chi connectivity index (χ3n) is 5.02. The fraction of sp³-hybridized carbons (Fsp3) is 0.167. The molecule has 0 saturated heterocycles. The van der Waals surface area contributed by atoms with E-state index < -0.39 is 0 Å². The Kier molecular flexibility index (Phi) is 5.74. The molecule has 0 saturated carbocycles. The average molecular weight is 428 g/mol. The number of anilines is 1. The molecule has 0 aliphatic rings. The molecule has 4 aromatic rings. The van der Waals surface area contributed by atoms with E-state index in [1.165, 1.54) is 11.8 Å². The fourth-order valence-corrected chi connectivity index (χ4v) is 4.16. The minimum absolute atomic E-state index is 0.253. The molecule has 2 aromatic carbocycles. The van der Waals surface area contributed by atoms with Crippen LogP contribution in [-0.4, -0.2) is 20.8 Å². The van der Waals surface area contributed by atoms with Crippen LogP contribution in [-0.2, 0) is 6.54 Å². The highest BCUT2D eigenvalue weighted by Gasteiger charge is 2.20. The fourth-order valence-electron chi connectivity index (χ4n) is 3.58. The summed E-state index contributed by atoms with van der Waals surface area (Å²) in [4.78, 5) is 22.9. The molecular formula is C24H21N5OS. The first-order valence-electron chi connectivity index (χ1n) is 9.79. The summed E-state index contributed by atoms with van der Waals surface area (Å²) in [6, 6.07) is 19.7. The lowest BCUT2D eigenvalue weighted by Crippen LogP contribution is -2.25. The zero-order chi connectivity index (χ0) is 22.0. The molecule has 4 rings (SSSR count). The smallest absolute Gasteiger partial charge is 0.269 e. The van der Waals surface area contributed by atoms with Crippen molar-refractivity contribution in [2.75, 3.05) is 11.6 Å². The second-order valence-corrected chi connectivity index (χ2v) is 7.97. The van der Waals surface area contributed by atoms with Gasteiger partial charge in [-0.3, -0.25) is 4.79 Å². The van der Waals surface area contributed by atoms with E-state index in [9.17, 15) is 10.1 Å². The summed E-state index contributed by atoms with van der Waals surface area (Å²) in [6.07, 6.45) is 1.86. The summed E-state index contributed by atoms with van der Waals surface area (Å²) in [5, 5.41) is 14.0. The maximum atomic E-state index is 13.6. The standard InChI is InChI=1S/C24H21N5OS/c1-15-8-7-9-17(12-15)14-26-24-28-21-19(13-25)22(31-3)27-16(2)20(21)23(30)29(24)18-10-5-4-6-11-18/h4-12H,14H2,1-3H3,(H,26,28). The molecule has 6 nitrogen and oxygen atoms in total. The summed E-state index contributed by atoms with van der Waals surface area (Å²) in [7, 11) is 0. The lowest BCUT2D eigenvalue weighted by atomic mass is 10.1. The van der Waals surface area contributed by atoms with Crippen molar-refractivity contribution in [1.82, 2.24) is 14.5 Å². The Morgan fingerprint density at radius 1 is 1.10 bits per heavy atom. The molecule has 154 valence electrons. The van der Waals surface area contributed by atoms with Crippen LogP contribution in [0.4, 0.5) is 5.95 Å². The Morgan fingerprint density at radius 3 is 2.55 bits per heavy atom. The monoisotopic (exact) mass is 427 g/mol. The van der Waals surface area contributed by atoms with Crippen molar-refractivity contribution in [3.8, 4) is 11.8 Å². The summed E-state index contributed by atoms with van der Waals surface area (Å²) >= 11 is 1.37. The van der Waals surface area contributed by atoms with E-state index in [0.29, 0.717) is 45.4 Å². The molecule has 0 spiro atoms. The van der Waals surface area contributed by atoms with Gasteiger partial charge >= 0.3 is 0 Å². The highest BCUT2D eigenvalue weighted by Crippen LogP contribution is 2.27. The minimum Gasteiger partial charge on any atom is -0.351 e. The van der Waals surface area contributed by atoms with Crippen molar-refractivity contribution in [3.63, 3.8) is 0 Å². The number of aryl methyl sites for hydroxylation is 2. The number of rotatable bonds is 5. The number of benzene rings is 2. The van der Waals surface area contributed by atoms with Crippen LogP contribution in [0.2, 0.25) is 0 Å². The van der Waals surface area contributed by atoms with Crippen LogP contribution in [0.15, 0.2) is 64.4 Å². The molecule has 2 heterocycles. The van der Waals surface area contributed by atoms with Gasteiger partial charge in [0.05, 0.1) is 16.8 Å². The Hall–Kier alpha value is -3.63. The van der Waals surface area contributed by atoms with E-state index in [0.717, 1.165) is 11.1 Å². The molecule has 7 heteroatoms. The van der Waals surface area contributed by atoms with Crippen LogP contribution in [0.1, 0.15) is 22.4 Å². The van der Waals surface area contributed by atoms with Crippen LogP contribution in [0, 0.1) is 25.2 Å². The Bertz CT molecular complexity index is 1370. The van der Waals surface area contributed by atoms with Crippen molar-refractivity contribution in [1.29, 1.82) is 5.26 Å². The van der Waals surface area contributed by atoms with E-state index in [2.05, 4.69) is 22.4 Å². The van der Waals surface area contributed by atoms with Crippen molar-refractivity contribution in [2.45, 2.75) is 25.4 Å². The number of nitrogens with one attached hydrogen (secondary N) is 1. The average Bonchev–Trinajstić information content (AvgIpc) is 2.77. The molecule has 0 amide bonds. The molecule has 0 atom stereocenters. The first-order chi connectivity index (χ1) is 15.0. The van der Waals surface area contributed by atoms with Gasteiger partial charge in [0.15, 0.2) is 0 Å². The summed E-state index contributed by atoms with van der Waals surface area (Å²) < 4.78 is 1.55. The number of hydrogen-bond acceptors (Lipinski definition) is 6. The molecular weight excluding hydrogens is 406 g/mol. The van der Waals surface area contributed by atoms with Crippen LogP contribution >= 0.6 is 11.8 Å². The lowest BCUT2D eigenvalue weighted by molar-refractivity contribution is 0.927. The third-order valence-corrected chi connectivity index (χ3v) is 5.70. The predicted octanol–water partition coefficient (Wildman–Crippen LogP) is 4.60. The van der Waals surface area contributed by atoms with E-state index in [1.54, 1.807) is 11.5 Å². The largest absolute Gasteiger partial charge is 0.351 e. The number of aromatic nitrogens is 3. The first-order valence-corrected chi connectivity index (χ1v) is 11.0. The lowest BCUT2D eigenvalue weighted by Gasteiger charge is -2.17. The Labute approximate surface area is 184 Å². The van der Waals surface area contributed by atoms with Gasteiger partial charge in [0.2, 0.25) is 5.95 Å². The first kappa shape index (κ1) is 20.6. The summed E-state index contributed by atoms with van der Waals surface area (Å²) in [5.41, 5.74) is 3.94. The normalized spacial score (nSPS) is 10.8. The van der Waals surface area contributed by atoms with Gasteiger partial charge < -0.3 is 5.32 Å². The van der Waals surface area contributed by atoms with Gasteiger partial charge in [-0.15, -0.1) is 11.8 Å². The number of para-hydroxylation sites is 1. The van der Waals surface area contributed by atoms with Crippen molar-refractivity contribution in [3.05, 3.63) is 87.3 Å². The molecule has 1 N–H and O–H groups in total. The number of hydrogen-bond donors (Lipinski definition) is 1. The zero-order valence-electron chi connectivity index (χ0n) is 17.5. The molecule has 0 bridgehead atoms. The van der Waals surface area contributed by atoms with E-state index in [1.807, 2.05) is 61.7 Å². The molecule has 0 aliphatic heterocycles.